The summed E-state index contributed by atoms with van der Waals surface area (Å²) in [6.45, 7) is 2.44. The van der Waals surface area contributed by atoms with Crippen molar-refractivity contribution in [1.29, 1.82) is 0 Å². The number of nitrogens with zero attached hydrogens (tertiary/aromatic N) is 1. The van der Waals surface area contributed by atoms with Crippen LogP contribution in [0, 0.1) is 12.3 Å². The number of hydrazone groups is 1. The zero-order valence-corrected chi connectivity index (χ0v) is 17.7. The van der Waals surface area contributed by atoms with Crippen LogP contribution in [0.4, 0.5) is 0 Å². The second-order valence-corrected chi connectivity index (χ2v) is 6.77. The Balaban J connectivity index is 1.82. The Labute approximate surface area is 187 Å². The Hall–Kier alpha value is -4.08. The van der Waals surface area contributed by atoms with Crippen molar-refractivity contribution in [3.05, 3.63) is 95.6 Å². The molecule has 0 bridgehead atoms. The van der Waals surface area contributed by atoms with E-state index >= 15 is 0 Å². The predicted octanol–water partition coefficient (Wildman–Crippen LogP) is 3.48. The molecule has 0 saturated heterocycles. The largest absolute Gasteiger partial charge is 0.490 e. The molecule has 0 radical (unpaired) electrons. The fourth-order valence-corrected chi connectivity index (χ4v) is 3.15. The van der Waals surface area contributed by atoms with Crippen LogP contribution in [-0.4, -0.2) is 30.4 Å². The summed E-state index contributed by atoms with van der Waals surface area (Å²) in [7, 11) is 0. The summed E-state index contributed by atoms with van der Waals surface area (Å²) < 4.78 is 11.1. The van der Waals surface area contributed by atoms with Crippen molar-refractivity contribution in [2.75, 3.05) is 13.2 Å². The van der Waals surface area contributed by atoms with E-state index in [4.69, 9.17) is 15.9 Å². The molecule has 2 N–H and O–H groups in total. The first-order chi connectivity index (χ1) is 15.6. The van der Waals surface area contributed by atoms with Crippen LogP contribution >= 0.6 is 0 Å². The number of carbonyl (C=O) groups is 1. The Bertz CT molecular complexity index is 1070. The summed E-state index contributed by atoms with van der Waals surface area (Å²) in [4.78, 5) is 13.1. The predicted molar refractivity (Wildman–Crippen MR) is 124 cm³/mol. The van der Waals surface area contributed by atoms with Crippen LogP contribution in [0.2, 0.25) is 0 Å². The lowest BCUT2D eigenvalue weighted by molar-refractivity contribution is -0.136. The number of hydrogen-bond acceptors (Lipinski definition) is 5. The zero-order chi connectivity index (χ0) is 22.8. The Kier molecular flexibility index (Phi) is 7.63. The number of benzene rings is 3. The number of terminal acetylenes is 1. The Morgan fingerprint density at radius 1 is 1.03 bits per heavy atom. The highest BCUT2D eigenvalue weighted by atomic mass is 16.5. The molecule has 0 fully saturated rings. The number of hydrogen-bond donors (Lipinski definition) is 2. The third-order valence-corrected chi connectivity index (χ3v) is 4.67. The molecule has 6 nitrogen and oxygen atoms in total. The quantitative estimate of drug-likeness (QED) is 0.311. The maximum Gasteiger partial charge on any atom is 0.281 e. The molecule has 32 heavy (non-hydrogen) atoms. The molecule has 0 aliphatic rings. The number of ether oxygens (including phenoxy) is 2. The topological polar surface area (TPSA) is 80.2 Å². The van der Waals surface area contributed by atoms with Crippen molar-refractivity contribution in [1.82, 2.24) is 5.43 Å². The zero-order valence-electron chi connectivity index (χ0n) is 17.7. The van der Waals surface area contributed by atoms with Crippen LogP contribution in [-0.2, 0) is 10.4 Å². The molecule has 0 aliphatic carbocycles. The molecule has 0 aromatic heterocycles. The van der Waals surface area contributed by atoms with Crippen molar-refractivity contribution in [3.8, 4) is 23.8 Å². The first-order valence-electron chi connectivity index (χ1n) is 10.1. The first-order valence-corrected chi connectivity index (χ1v) is 10.1. The van der Waals surface area contributed by atoms with Crippen LogP contribution < -0.4 is 14.9 Å². The van der Waals surface area contributed by atoms with E-state index in [0.717, 1.165) is 0 Å². The van der Waals surface area contributed by atoms with E-state index in [1.165, 1.54) is 6.21 Å². The van der Waals surface area contributed by atoms with Crippen LogP contribution in [0.1, 0.15) is 23.6 Å². The Morgan fingerprint density at radius 3 is 2.22 bits per heavy atom. The molecule has 0 saturated carbocycles. The molecule has 3 aromatic rings. The summed E-state index contributed by atoms with van der Waals surface area (Å²) >= 11 is 0. The van der Waals surface area contributed by atoms with E-state index in [1.54, 1.807) is 66.7 Å². The van der Waals surface area contributed by atoms with Gasteiger partial charge in [-0.2, -0.15) is 5.10 Å². The van der Waals surface area contributed by atoms with Gasteiger partial charge in [0.25, 0.3) is 5.91 Å². The lowest BCUT2D eigenvalue weighted by atomic mass is 9.85. The van der Waals surface area contributed by atoms with Crippen LogP contribution in [0.3, 0.4) is 0 Å². The smallest absolute Gasteiger partial charge is 0.281 e. The highest BCUT2D eigenvalue weighted by Crippen LogP contribution is 2.30. The van der Waals surface area contributed by atoms with Crippen molar-refractivity contribution >= 4 is 12.1 Å². The number of carbonyl (C=O) groups excluding carboxylic acids is 1. The first kappa shape index (κ1) is 22.6. The minimum absolute atomic E-state index is 0.126. The van der Waals surface area contributed by atoms with Gasteiger partial charge in [-0.15, -0.1) is 6.42 Å². The Morgan fingerprint density at radius 2 is 1.66 bits per heavy atom. The van der Waals surface area contributed by atoms with Crippen molar-refractivity contribution in [2.24, 2.45) is 5.10 Å². The standard InChI is InChI=1S/C26H24N2O4/c1-3-17-32-23-16-15-20(18-24(23)31-4-2)19-27-28-25(29)26(30,21-11-7-5-8-12-21)22-13-9-6-10-14-22/h1,5-16,18-19,30H,4,17H2,2H3,(H,28,29)/b27-19-. The van der Waals surface area contributed by atoms with Gasteiger partial charge in [0.05, 0.1) is 12.8 Å². The molecule has 6 heteroatoms. The summed E-state index contributed by atoms with van der Waals surface area (Å²) in [6, 6.07) is 22.7. The highest BCUT2D eigenvalue weighted by molar-refractivity contribution is 5.91. The maximum atomic E-state index is 13.1. The number of nitrogens with one attached hydrogen (secondary N) is 1. The summed E-state index contributed by atoms with van der Waals surface area (Å²) in [6.07, 6.45) is 6.71. The fourth-order valence-electron chi connectivity index (χ4n) is 3.15. The minimum Gasteiger partial charge on any atom is -0.490 e. The molecular formula is C26H24N2O4. The average Bonchev–Trinajstić information content (AvgIpc) is 2.84. The number of aliphatic hydroxyl groups is 1. The molecule has 3 aromatic carbocycles. The maximum absolute atomic E-state index is 13.1. The third kappa shape index (κ3) is 5.15. The van der Waals surface area contributed by atoms with Gasteiger partial charge in [-0.3, -0.25) is 4.79 Å². The van der Waals surface area contributed by atoms with E-state index in [2.05, 4.69) is 16.4 Å². The average molecular weight is 428 g/mol. The highest BCUT2D eigenvalue weighted by Gasteiger charge is 2.39. The molecular weight excluding hydrogens is 404 g/mol. The van der Waals surface area contributed by atoms with Gasteiger partial charge in [-0.1, -0.05) is 66.6 Å². The van der Waals surface area contributed by atoms with Gasteiger partial charge in [0.2, 0.25) is 0 Å². The second-order valence-electron chi connectivity index (χ2n) is 6.77. The van der Waals surface area contributed by atoms with Crippen molar-refractivity contribution < 1.29 is 19.4 Å². The normalized spacial score (nSPS) is 11.0. The van der Waals surface area contributed by atoms with Crippen LogP contribution in [0.25, 0.3) is 0 Å². The monoisotopic (exact) mass is 428 g/mol. The van der Waals surface area contributed by atoms with E-state index in [-0.39, 0.29) is 6.61 Å². The molecule has 0 aliphatic heterocycles. The van der Waals surface area contributed by atoms with Gasteiger partial charge >= 0.3 is 0 Å². The van der Waals surface area contributed by atoms with E-state index in [9.17, 15) is 9.90 Å². The number of rotatable bonds is 9. The lowest BCUT2D eigenvalue weighted by Gasteiger charge is -2.27. The van der Waals surface area contributed by atoms with Gasteiger partial charge in [0.1, 0.15) is 6.61 Å². The van der Waals surface area contributed by atoms with Crippen molar-refractivity contribution in [2.45, 2.75) is 12.5 Å². The fraction of sp³-hybridized carbons (Fsp3) is 0.154. The number of amides is 1. The molecule has 1 amide bonds. The van der Waals surface area contributed by atoms with E-state index < -0.39 is 11.5 Å². The van der Waals surface area contributed by atoms with Gasteiger partial charge in [0.15, 0.2) is 17.1 Å². The molecule has 0 heterocycles. The second kappa shape index (κ2) is 10.8. The van der Waals surface area contributed by atoms with Crippen LogP contribution in [0.5, 0.6) is 11.5 Å². The molecule has 3 rings (SSSR count). The van der Waals surface area contributed by atoms with E-state index in [1.807, 2.05) is 19.1 Å². The lowest BCUT2D eigenvalue weighted by Crippen LogP contribution is -2.43. The van der Waals surface area contributed by atoms with Gasteiger partial charge in [-0.05, 0) is 41.8 Å². The molecule has 0 spiro atoms. The van der Waals surface area contributed by atoms with Crippen LogP contribution in [0.15, 0.2) is 84.0 Å². The van der Waals surface area contributed by atoms with E-state index in [0.29, 0.717) is 34.8 Å². The van der Waals surface area contributed by atoms with Gasteiger partial charge < -0.3 is 14.6 Å². The molecule has 0 atom stereocenters. The van der Waals surface area contributed by atoms with Gasteiger partial charge in [0, 0.05) is 0 Å². The minimum atomic E-state index is -1.90. The molecule has 162 valence electrons. The van der Waals surface area contributed by atoms with Crippen molar-refractivity contribution in [3.63, 3.8) is 0 Å². The summed E-state index contributed by atoms with van der Waals surface area (Å²) in [5, 5.41) is 15.5. The summed E-state index contributed by atoms with van der Waals surface area (Å²) in [5.41, 5.74) is 2.10. The SMILES string of the molecule is C#CCOc1ccc(/C=N\NC(=O)C(O)(c2ccccc2)c2ccccc2)cc1OCC. The third-order valence-electron chi connectivity index (χ3n) is 4.67. The molecule has 0 unspecified atom stereocenters. The van der Waals surface area contributed by atoms with Gasteiger partial charge in [-0.25, -0.2) is 5.43 Å². The summed E-state index contributed by atoms with van der Waals surface area (Å²) in [5.74, 6) is 2.78.